The number of piperidine rings is 4. The number of primary amides is 1. The number of fused-ring (bicyclic) bond motifs is 3. The number of nitrogens with zero attached hydrogens (tertiary/aromatic N) is 11. The average Bonchev–Trinajstić information content (AvgIpc) is 1.60. The maximum absolute atomic E-state index is 13.7. The van der Waals surface area contributed by atoms with E-state index in [9.17, 15) is 67.7 Å². The number of nitrogens with two attached hydrogens (primary N) is 1. The van der Waals surface area contributed by atoms with Crippen LogP contribution in [0.3, 0.4) is 0 Å². The summed E-state index contributed by atoms with van der Waals surface area (Å²) < 4.78 is 9.73. The number of rotatable bonds is 14. The summed E-state index contributed by atoms with van der Waals surface area (Å²) in [6.45, 7) is 11.6. The molecule has 10 amide bonds. The zero-order valence-electron chi connectivity index (χ0n) is 76.6. The molecule has 5 fully saturated rings. The van der Waals surface area contributed by atoms with E-state index in [-0.39, 0.29) is 122 Å². The van der Waals surface area contributed by atoms with Gasteiger partial charge in [-0.2, -0.15) is 15.3 Å². The zero-order chi connectivity index (χ0) is 101. The fraction of sp³-hybridized carbons (Fsp3) is 0.415. The van der Waals surface area contributed by atoms with Crippen molar-refractivity contribution in [2.45, 2.75) is 148 Å². The van der Waals surface area contributed by atoms with Crippen LogP contribution >= 0.6 is 224 Å². The van der Waals surface area contributed by atoms with Crippen LogP contribution < -0.4 is 65.2 Å². The van der Waals surface area contributed by atoms with Crippen LogP contribution in [-0.2, 0) is 72.6 Å². The molecule has 140 heavy (non-hydrogen) atoms. The molecule has 33 nitrogen and oxygen atoms in total. The third-order valence-electron chi connectivity index (χ3n) is 22.2. The van der Waals surface area contributed by atoms with Crippen molar-refractivity contribution < 1.29 is 90.8 Å². The number of carbonyl (C=O) groups is 12. The van der Waals surface area contributed by atoms with Crippen molar-refractivity contribution in [3.05, 3.63) is 212 Å². The summed E-state index contributed by atoms with van der Waals surface area (Å²) in [5.41, 5.74) is 17.4. The quantitative estimate of drug-likeness (QED) is 0.0277. The Balaban J connectivity index is 0.000000301. The number of aromatic nitrogens is 6. The first-order valence-corrected chi connectivity index (χ1v) is 71.2. The van der Waals surface area contributed by atoms with Crippen LogP contribution in [0.1, 0.15) is 201 Å². The molecular formula is C94H115Cl3I10N17O16-. The second kappa shape index (κ2) is 66.4. The number of aliphatic hydroxyl groups excluding tert-OH is 3. The molecular weight excluding hydrogens is 3000 g/mol. The molecule has 764 valence electrons. The molecule has 0 radical (unpaired) electrons. The van der Waals surface area contributed by atoms with E-state index in [4.69, 9.17) is 50.4 Å². The van der Waals surface area contributed by atoms with Gasteiger partial charge in [-0.05, 0) is 195 Å². The number of carbonyl (C=O) groups excluding carboxylic acids is 12. The number of alkyl halides is 6. The molecule has 0 aliphatic carbocycles. The van der Waals surface area contributed by atoms with Gasteiger partial charge in [-0.25, -0.2) is 14.0 Å². The molecule has 0 spiro atoms. The molecule has 0 saturated carbocycles. The monoisotopic (exact) mass is 3110 g/mol. The van der Waals surface area contributed by atoms with Gasteiger partial charge in [0, 0.05) is 182 Å². The van der Waals surface area contributed by atoms with Crippen LogP contribution in [0.15, 0.2) is 144 Å². The maximum atomic E-state index is 13.7. The number of ether oxygens (including phenoxy) is 1. The Labute approximate surface area is 955 Å². The molecule has 5 saturated heterocycles. The molecule has 0 bridgehead atoms. The number of benzene rings is 5. The SMILES string of the molecule is C.CC(=O)c1nn(-c2ccc(CO)cc2)c2c1CCN(c1ccc(N3CCCCC3=O)cc1)C2=O.CC(=O)c1nn(-c2ccc(CO)cc2)c2c1CCNC2=O.CI.CI.I.ICI.II.I[I-]I.NC(=O)c1nn(-c2ccc(CO)cc2)c2c1CCN(c1ccc(N3CCCCC3=O)cc1)C2=O.O=C1CCCCN1.O=C1NCCC=C1Cl.O=C1NCCC=C1N1CCOCC1.O=C1NCCCC1(Cl)Cl. The second-order valence-corrected chi connectivity index (χ2v) is 53.6. The number of Topliss-reactive ketones (excluding diaryl/α,β-unsaturated/α-hetero) is 2. The minimum absolute atomic E-state index is 0. The molecule has 5 aromatic carbocycles. The molecule has 0 atom stereocenters. The summed E-state index contributed by atoms with van der Waals surface area (Å²) in [7, 11) is 0. The number of hydrogen-bond acceptors (Lipinski definition) is 20. The summed E-state index contributed by atoms with van der Waals surface area (Å²) in [5, 5.41) is 54.7. The van der Waals surface area contributed by atoms with Gasteiger partial charge in [0.1, 0.15) is 33.5 Å². The van der Waals surface area contributed by atoms with Crippen LogP contribution in [0.4, 0.5) is 22.7 Å². The van der Waals surface area contributed by atoms with Crippen molar-refractivity contribution >= 4 is 317 Å². The summed E-state index contributed by atoms with van der Waals surface area (Å²) in [5.74, 6) is -1.64. The van der Waals surface area contributed by atoms with Crippen molar-refractivity contribution in [2.75, 3.05) is 117 Å². The number of morpholine rings is 1. The van der Waals surface area contributed by atoms with E-state index in [2.05, 4.69) is 212 Å². The van der Waals surface area contributed by atoms with Gasteiger partial charge in [0.2, 0.25) is 17.7 Å². The van der Waals surface area contributed by atoms with Gasteiger partial charge < -0.3 is 76.9 Å². The topological polar surface area (TPSA) is 431 Å². The number of nitrogens with one attached hydrogen (secondary N) is 5. The first kappa shape index (κ1) is 126. The number of halogens is 13. The Hall–Kier alpha value is -4.94. The van der Waals surface area contributed by atoms with Crippen molar-refractivity contribution in [1.29, 1.82) is 0 Å². The predicted molar refractivity (Wildman–Crippen MR) is 623 cm³/mol. The van der Waals surface area contributed by atoms with Gasteiger partial charge in [0.15, 0.2) is 21.6 Å². The molecule has 8 aromatic rings. The van der Waals surface area contributed by atoms with Gasteiger partial charge >= 0.3 is 50.5 Å². The van der Waals surface area contributed by atoms with E-state index < -0.39 is 10.2 Å². The van der Waals surface area contributed by atoms with E-state index >= 15 is 0 Å². The van der Waals surface area contributed by atoms with Crippen molar-refractivity contribution in [3.8, 4) is 17.1 Å². The Bertz CT molecular complexity index is 5290. The summed E-state index contributed by atoms with van der Waals surface area (Å²) in [4.78, 5) is 156. The Morgan fingerprint density at radius 1 is 0.450 bits per heavy atom. The van der Waals surface area contributed by atoms with Crippen LogP contribution in [0, 0.1) is 0 Å². The van der Waals surface area contributed by atoms with Gasteiger partial charge in [0.25, 0.3) is 41.4 Å². The first-order valence-electron chi connectivity index (χ1n) is 43.9. The minimum atomic E-state index is -1.17. The minimum Gasteiger partial charge on any atom is -0.392 e. The Morgan fingerprint density at radius 3 is 1.15 bits per heavy atom. The third-order valence-corrected chi connectivity index (χ3v) is 23.3. The van der Waals surface area contributed by atoms with Crippen LogP contribution in [0.5, 0.6) is 0 Å². The van der Waals surface area contributed by atoms with E-state index in [0.717, 1.165) is 150 Å². The first-order chi connectivity index (χ1) is 66.6. The van der Waals surface area contributed by atoms with Crippen LogP contribution in [0.2, 0.25) is 0 Å². The van der Waals surface area contributed by atoms with Crippen LogP contribution in [0.25, 0.3) is 17.1 Å². The molecule has 10 N–H and O–H groups in total. The fourth-order valence-electron chi connectivity index (χ4n) is 15.6. The molecule has 13 heterocycles. The van der Waals surface area contributed by atoms with Crippen molar-refractivity contribution in [2.24, 2.45) is 5.73 Å². The fourth-order valence-corrected chi connectivity index (χ4v) is 16.1. The smallest absolute Gasteiger partial charge is 0.277 e. The van der Waals surface area contributed by atoms with Crippen molar-refractivity contribution in [3.63, 3.8) is 0 Å². The summed E-state index contributed by atoms with van der Waals surface area (Å²) in [6.07, 6.45) is 16.4. The molecule has 18 rings (SSSR count). The number of amides is 10. The number of anilines is 4. The third kappa shape index (κ3) is 36.2. The second-order valence-electron chi connectivity index (χ2n) is 31.0. The van der Waals surface area contributed by atoms with Gasteiger partial charge in [-0.15, -0.1) is 24.0 Å². The number of hydrogen-bond donors (Lipinski definition) is 9. The maximum Gasteiger partial charge on any atom is 0.277 e. The van der Waals surface area contributed by atoms with Gasteiger partial charge in [-0.3, -0.25) is 57.5 Å². The summed E-state index contributed by atoms with van der Waals surface area (Å²) >= 11 is 35.0. The molecule has 10 aliphatic rings. The molecule has 10 aliphatic heterocycles. The van der Waals surface area contributed by atoms with Gasteiger partial charge in [0.05, 0.1) is 58.2 Å². The Kier molecular flexibility index (Phi) is 59.5. The molecule has 0 unspecified atom stereocenters. The average molecular weight is 3110 g/mol. The van der Waals surface area contributed by atoms with Gasteiger partial charge in [-0.1, -0.05) is 181 Å². The normalized spacial score (nSPS) is 16.3. The Morgan fingerprint density at radius 2 is 0.814 bits per heavy atom. The van der Waals surface area contributed by atoms with E-state index in [1.807, 2.05) is 64.5 Å². The van der Waals surface area contributed by atoms with Crippen LogP contribution in [-0.4, -0.2) is 222 Å². The van der Waals surface area contributed by atoms with E-state index in [0.29, 0.717) is 164 Å². The van der Waals surface area contributed by atoms with E-state index in [1.54, 1.807) is 98.5 Å². The molecule has 3 aromatic heterocycles. The largest absolute Gasteiger partial charge is 0.392 e. The van der Waals surface area contributed by atoms with Crippen molar-refractivity contribution in [1.82, 2.24) is 60.8 Å². The number of ketones is 2. The summed E-state index contributed by atoms with van der Waals surface area (Å²) in [6, 6.07) is 36.0. The predicted octanol–water partition coefficient (Wildman–Crippen LogP) is 13.7. The zero-order valence-corrected chi connectivity index (χ0v) is 101. The van der Waals surface area contributed by atoms with E-state index in [1.165, 1.54) is 30.3 Å². The molecule has 46 heteroatoms. The standard InChI is InChI=1S/C26H26N4O4.C25H25N5O4.C15H15N3O3.C9H14N2O2.C5H7Cl2NO.C5H6ClNO.C5H9NO.CH2I2.2CH3I.CH4.I3.I2.HI/c1-17(32)24-22-13-15-29(20-11-9-19(10-12-20)28-14-3-2-4-23(28)33)26(34)25(22)30(27-24)21-7-5-18(16-31)6-8-21;26-24(33)22-20-12-14-29(18-10-8-17(9-11-18)28-13-2-1-3-21(28)32)25(34)23(20)30(27-22)19-6-4-16(15-31)5-7-19;1-9(20)13-12-6-7-16-15(21)14(12)18(17-13)11-4-2-10(8-19)3-5-11;12-9-8(2-1-3-10-9)11-4-6-13-7-5-11;6-5(7)2-1-3-8-4(5)9;6-4-2-1-3-7-5(4)8;7-5-3-1-2-4-6-5;2-1-3;2*1-2;;1-3-2;1-2;/h5-12,31H,2-4,13-16H2,1H3;4-11,31H,1-3,12-15H2,(H2,26,33);2-5,19H,6-8H2,1H3,(H,16,21);2H,1,3-7H2,(H,10,12);1-3H2,(H,8,9);2H,1,3H2,(H,7,8);1-4H2,(H,6,7);1H2;2*1H3;1H4;;;1H/q;;;;;;;;;;;-1;;. The number of aliphatic hydroxyl groups is 3.